The third-order valence-electron chi connectivity index (χ3n) is 3.67. The number of carbonyl (C=O) groups is 2. The van der Waals surface area contributed by atoms with Crippen molar-refractivity contribution in [1.29, 1.82) is 0 Å². The van der Waals surface area contributed by atoms with Gasteiger partial charge in [-0.05, 0) is 30.3 Å². The van der Waals surface area contributed by atoms with E-state index in [-0.39, 0.29) is 22.4 Å². The van der Waals surface area contributed by atoms with Crippen LogP contribution in [0.25, 0.3) is 0 Å². The highest BCUT2D eigenvalue weighted by atomic mass is 32.2. The van der Waals surface area contributed by atoms with Gasteiger partial charge in [0.15, 0.2) is 5.78 Å². The Bertz CT molecular complexity index is 1040. The number of aromatic nitrogens is 1. The number of aromatic carboxylic acids is 1. The fraction of sp³-hybridized carbons (Fsp3) is 0. The Morgan fingerprint density at radius 2 is 1.70 bits per heavy atom. The molecule has 0 radical (unpaired) electrons. The highest BCUT2D eigenvalue weighted by molar-refractivity contribution is 7.99. The quantitative estimate of drug-likeness (QED) is 0.390. The SMILES string of the molecule is O=C(O)c1ccccc1C(=O)c1ccc(Sc2ccccn2)c([N+](=O)[O-])c1. The van der Waals surface area contributed by atoms with Crippen molar-refractivity contribution < 1.29 is 19.6 Å². The van der Waals surface area contributed by atoms with Gasteiger partial charge in [0.1, 0.15) is 5.03 Å². The lowest BCUT2D eigenvalue weighted by Crippen LogP contribution is -2.10. The van der Waals surface area contributed by atoms with Crippen molar-refractivity contribution in [3.63, 3.8) is 0 Å². The number of carboxylic acids is 1. The minimum absolute atomic E-state index is 0.0237. The maximum atomic E-state index is 12.7. The molecule has 7 nitrogen and oxygen atoms in total. The van der Waals surface area contributed by atoms with Gasteiger partial charge < -0.3 is 5.11 Å². The van der Waals surface area contributed by atoms with Crippen molar-refractivity contribution in [3.05, 3.63) is 93.7 Å². The summed E-state index contributed by atoms with van der Waals surface area (Å²) < 4.78 is 0. The molecule has 0 aliphatic rings. The van der Waals surface area contributed by atoms with Crippen LogP contribution >= 0.6 is 11.8 Å². The number of rotatable bonds is 6. The lowest BCUT2D eigenvalue weighted by atomic mass is 9.98. The molecule has 1 heterocycles. The Labute approximate surface area is 157 Å². The van der Waals surface area contributed by atoms with Gasteiger partial charge in [-0.1, -0.05) is 36.0 Å². The Balaban J connectivity index is 2.01. The number of nitrogens with zero attached hydrogens (tertiary/aromatic N) is 2. The zero-order valence-electron chi connectivity index (χ0n) is 13.7. The zero-order chi connectivity index (χ0) is 19.4. The molecular formula is C19H12N2O5S. The summed E-state index contributed by atoms with van der Waals surface area (Å²) in [6, 6.07) is 15.0. The Morgan fingerprint density at radius 3 is 2.33 bits per heavy atom. The predicted octanol–water partition coefficient (Wildman–Crippen LogP) is 4.07. The number of hydrogen-bond acceptors (Lipinski definition) is 6. The maximum Gasteiger partial charge on any atom is 0.336 e. The van der Waals surface area contributed by atoms with Gasteiger partial charge in [0.2, 0.25) is 0 Å². The van der Waals surface area contributed by atoms with Crippen LogP contribution in [0.3, 0.4) is 0 Å². The molecule has 0 bridgehead atoms. The monoisotopic (exact) mass is 380 g/mol. The molecule has 0 fully saturated rings. The number of nitro benzene ring substituents is 1. The van der Waals surface area contributed by atoms with Gasteiger partial charge in [-0.2, -0.15) is 0 Å². The van der Waals surface area contributed by atoms with E-state index in [2.05, 4.69) is 4.98 Å². The van der Waals surface area contributed by atoms with E-state index < -0.39 is 16.7 Å². The smallest absolute Gasteiger partial charge is 0.336 e. The first-order valence-corrected chi connectivity index (χ1v) is 8.53. The van der Waals surface area contributed by atoms with E-state index in [1.54, 1.807) is 30.5 Å². The molecule has 3 rings (SSSR count). The van der Waals surface area contributed by atoms with Crippen LogP contribution in [0.1, 0.15) is 26.3 Å². The molecular weight excluding hydrogens is 368 g/mol. The molecule has 0 aliphatic carbocycles. The number of carbonyl (C=O) groups excluding carboxylic acids is 1. The van der Waals surface area contributed by atoms with Crippen molar-refractivity contribution >= 4 is 29.2 Å². The van der Waals surface area contributed by atoms with E-state index in [4.69, 9.17) is 0 Å². The highest BCUT2D eigenvalue weighted by Crippen LogP contribution is 2.34. The van der Waals surface area contributed by atoms with Gasteiger partial charge in [0, 0.05) is 23.4 Å². The number of benzene rings is 2. The Hall–Kier alpha value is -3.52. The number of pyridine rings is 1. The molecule has 0 amide bonds. The first kappa shape index (κ1) is 18.3. The second-order valence-corrected chi connectivity index (χ2v) is 6.45. The standard InChI is InChI=1S/C19H12N2O5S/c22-18(13-5-1-2-6-14(13)19(23)24)12-8-9-16(15(11-12)21(25)26)27-17-7-3-4-10-20-17/h1-11H,(H,23,24). The summed E-state index contributed by atoms with van der Waals surface area (Å²) in [4.78, 5) is 39.4. The molecule has 0 saturated carbocycles. The van der Waals surface area contributed by atoms with Crippen molar-refractivity contribution in [1.82, 2.24) is 4.98 Å². The zero-order valence-corrected chi connectivity index (χ0v) is 14.6. The van der Waals surface area contributed by atoms with E-state index in [0.29, 0.717) is 9.92 Å². The van der Waals surface area contributed by atoms with Gasteiger partial charge in [-0.3, -0.25) is 14.9 Å². The first-order valence-electron chi connectivity index (χ1n) is 7.71. The number of carboxylic acid groups (broad SMARTS) is 1. The molecule has 0 saturated heterocycles. The summed E-state index contributed by atoms with van der Waals surface area (Å²) in [5.74, 6) is -1.83. The number of nitro groups is 1. The van der Waals surface area contributed by atoms with Gasteiger partial charge in [0.25, 0.3) is 5.69 Å². The number of hydrogen-bond donors (Lipinski definition) is 1. The van der Waals surface area contributed by atoms with Crippen LogP contribution in [-0.4, -0.2) is 26.8 Å². The lowest BCUT2D eigenvalue weighted by molar-refractivity contribution is -0.387. The maximum absolute atomic E-state index is 12.7. The topological polar surface area (TPSA) is 110 Å². The second kappa shape index (κ2) is 7.79. The molecule has 1 aromatic heterocycles. The minimum Gasteiger partial charge on any atom is -0.478 e. The van der Waals surface area contributed by atoms with Gasteiger partial charge >= 0.3 is 5.97 Å². The van der Waals surface area contributed by atoms with Crippen LogP contribution in [0, 0.1) is 10.1 Å². The van der Waals surface area contributed by atoms with Crippen molar-refractivity contribution in [2.24, 2.45) is 0 Å². The average molecular weight is 380 g/mol. The first-order chi connectivity index (χ1) is 13.0. The highest BCUT2D eigenvalue weighted by Gasteiger charge is 2.22. The third-order valence-corrected chi connectivity index (χ3v) is 4.69. The van der Waals surface area contributed by atoms with Gasteiger partial charge in [0.05, 0.1) is 15.4 Å². The molecule has 27 heavy (non-hydrogen) atoms. The summed E-state index contributed by atoms with van der Waals surface area (Å²) in [5.41, 5.74) is -0.383. The normalized spacial score (nSPS) is 10.4. The minimum atomic E-state index is -1.24. The van der Waals surface area contributed by atoms with Crippen LogP contribution in [-0.2, 0) is 0 Å². The number of ketones is 1. The summed E-state index contributed by atoms with van der Waals surface area (Å²) in [5, 5.41) is 21.3. The largest absolute Gasteiger partial charge is 0.478 e. The van der Waals surface area contributed by atoms with Crippen molar-refractivity contribution in [2.45, 2.75) is 9.92 Å². The summed E-state index contributed by atoms with van der Waals surface area (Å²) in [7, 11) is 0. The van der Waals surface area contributed by atoms with Crippen LogP contribution in [0.4, 0.5) is 5.69 Å². The fourth-order valence-corrected chi connectivity index (χ4v) is 3.29. The molecule has 3 aromatic rings. The van der Waals surface area contributed by atoms with Crippen molar-refractivity contribution in [3.8, 4) is 0 Å². The van der Waals surface area contributed by atoms with Crippen molar-refractivity contribution in [2.75, 3.05) is 0 Å². The third kappa shape index (κ3) is 4.01. The Morgan fingerprint density at radius 1 is 1.00 bits per heavy atom. The molecule has 2 aromatic carbocycles. The Kier molecular flexibility index (Phi) is 5.28. The van der Waals surface area contributed by atoms with Crippen LogP contribution in [0.15, 0.2) is 76.8 Å². The van der Waals surface area contributed by atoms with E-state index >= 15 is 0 Å². The molecule has 0 unspecified atom stereocenters. The molecule has 0 aliphatic heterocycles. The molecule has 0 atom stereocenters. The van der Waals surface area contributed by atoms with E-state index in [0.717, 1.165) is 17.8 Å². The molecule has 134 valence electrons. The van der Waals surface area contributed by atoms with E-state index in [9.17, 15) is 24.8 Å². The second-order valence-electron chi connectivity index (χ2n) is 5.39. The predicted molar refractivity (Wildman–Crippen MR) is 98.3 cm³/mol. The molecule has 0 spiro atoms. The average Bonchev–Trinajstić information content (AvgIpc) is 2.68. The molecule has 8 heteroatoms. The summed E-state index contributed by atoms with van der Waals surface area (Å²) >= 11 is 1.11. The van der Waals surface area contributed by atoms with Crippen LogP contribution in [0.2, 0.25) is 0 Å². The van der Waals surface area contributed by atoms with Gasteiger partial charge in [-0.15, -0.1) is 0 Å². The fourth-order valence-electron chi connectivity index (χ4n) is 2.43. The lowest BCUT2D eigenvalue weighted by Gasteiger charge is -2.07. The van der Waals surface area contributed by atoms with Gasteiger partial charge in [-0.25, -0.2) is 9.78 Å². The summed E-state index contributed by atoms with van der Waals surface area (Å²) in [6.45, 7) is 0. The van der Waals surface area contributed by atoms with Crippen LogP contribution < -0.4 is 0 Å². The van der Waals surface area contributed by atoms with Crippen LogP contribution in [0.5, 0.6) is 0 Å². The van der Waals surface area contributed by atoms with E-state index in [1.807, 2.05) is 0 Å². The van der Waals surface area contributed by atoms with E-state index in [1.165, 1.54) is 30.3 Å². The summed E-state index contributed by atoms with van der Waals surface area (Å²) in [6.07, 6.45) is 1.58. The molecule has 1 N–H and O–H groups in total.